The lowest BCUT2D eigenvalue weighted by Gasteiger charge is -2.13. The molecule has 1 unspecified atom stereocenters. The summed E-state index contributed by atoms with van der Waals surface area (Å²) in [5, 5.41) is 0. The van der Waals surface area contributed by atoms with Crippen molar-refractivity contribution in [3.05, 3.63) is 46.3 Å². The second-order valence-corrected chi connectivity index (χ2v) is 5.52. The molecule has 1 aromatic carbocycles. The summed E-state index contributed by atoms with van der Waals surface area (Å²) in [6.07, 6.45) is 0.958. The van der Waals surface area contributed by atoms with Crippen molar-refractivity contribution in [2.75, 3.05) is 6.54 Å². The molecule has 0 aliphatic rings. The van der Waals surface area contributed by atoms with Gasteiger partial charge in [-0.3, -0.25) is 0 Å². The van der Waals surface area contributed by atoms with Crippen molar-refractivity contribution in [1.82, 2.24) is 9.97 Å². The van der Waals surface area contributed by atoms with E-state index in [1.807, 2.05) is 25.1 Å². The molecule has 19 heavy (non-hydrogen) atoms. The normalized spacial score (nSPS) is 12.4. The van der Waals surface area contributed by atoms with E-state index in [1.54, 1.807) is 0 Å². The number of halogens is 1. The van der Waals surface area contributed by atoms with Gasteiger partial charge in [0.1, 0.15) is 5.82 Å². The summed E-state index contributed by atoms with van der Waals surface area (Å²) in [5.74, 6) is 1.08. The van der Waals surface area contributed by atoms with Crippen molar-refractivity contribution >= 4 is 15.9 Å². The van der Waals surface area contributed by atoms with Gasteiger partial charge in [0.15, 0.2) is 0 Å². The number of aromatic nitrogens is 2. The molecule has 100 valence electrons. The zero-order chi connectivity index (χ0) is 13.8. The van der Waals surface area contributed by atoms with Crippen molar-refractivity contribution in [3.63, 3.8) is 0 Å². The van der Waals surface area contributed by atoms with Crippen molar-refractivity contribution < 1.29 is 0 Å². The zero-order valence-electron chi connectivity index (χ0n) is 11.2. The highest BCUT2D eigenvalue weighted by molar-refractivity contribution is 9.10. The fourth-order valence-corrected chi connectivity index (χ4v) is 2.26. The Bertz CT molecular complexity index is 548. The molecule has 2 N–H and O–H groups in total. The Hall–Kier alpha value is -1.26. The van der Waals surface area contributed by atoms with Crippen LogP contribution in [0.15, 0.2) is 34.8 Å². The van der Waals surface area contributed by atoms with Gasteiger partial charge in [-0.25, -0.2) is 9.97 Å². The first-order valence-corrected chi connectivity index (χ1v) is 7.25. The molecule has 3 nitrogen and oxygen atoms in total. The minimum atomic E-state index is 0.231. The predicted molar refractivity (Wildman–Crippen MR) is 82.0 cm³/mol. The van der Waals surface area contributed by atoms with E-state index in [0.717, 1.165) is 33.7 Å². The van der Waals surface area contributed by atoms with Gasteiger partial charge in [-0.15, -0.1) is 0 Å². The van der Waals surface area contributed by atoms with Gasteiger partial charge < -0.3 is 5.73 Å². The van der Waals surface area contributed by atoms with Crippen molar-refractivity contribution in [3.8, 4) is 11.3 Å². The molecule has 1 atom stereocenters. The summed E-state index contributed by atoms with van der Waals surface area (Å²) in [4.78, 5) is 9.19. The molecule has 2 rings (SSSR count). The third-order valence-corrected chi connectivity index (χ3v) is 3.68. The minimum absolute atomic E-state index is 0.231. The maximum absolute atomic E-state index is 5.79. The van der Waals surface area contributed by atoms with Crippen molar-refractivity contribution in [2.45, 2.75) is 26.2 Å². The molecule has 1 heterocycles. The van der Waals surface area contributed by atoms with Crippen LogP contribution in [0.3, 0.4) is 0 Å². The Kier molecular flexibility index (Phi) is 4.66. The summed E-state index contributed by atoms with van der Waals surface area (Å²) in [5.41, 5.74) is 8.83. The molecule has 0 saturated carbocycles. The second kappa shape index (κ2) is 6.26. The zero-order valence-corrected chi connectivity index (χ0v) is 12.8. The highest BCUT2D eigenvalue weighted by atomic mass is 79.9. The van der Waals surface area contributed by atoms with Crippen LogP contribution in [-0.2, 0) is 0 Å². The topological polar surface area (TPSA) is 51.8 Å². The van der Waals surface area contributed by atoms with Crippen molar-refractivity contribution in [1.29, 1.82) is 0 Å². The molecule has 0 saturated heterocycles. The van der Waals surface area contributed by atoms with Gasteiger partial charge >= 0.3 is 0 Å². The summed E-state index contributed by atoms with van der Waals surface area (Å²) in [6.45, 7) is 4.69. The Labute approximate surface area is 122 Å². The Morgan fingerprint density at radius 3 is 2.47 bits per heavy atom. The molecule has 4 heteroatoms. The van der Waals surface area contributed by atoms with Gasteiger partial charge in [-0.05, 0) is 31.5 Å². The van der Waals surface area contributed by atoms with Gasteiger partial charge in [0, 0.05) is 28.2 Å². The molecule has 1 aromatic heterocycles. The van der Waals surface area contributed by atoms with Gasteiger partial charge in [-0.2, -0.15) is 0 Å². The second-order valence-electron chi connectivity index (χ2n) is 4.60. The summed E-state index contributed by atoms with van der Waals surface area (Å²) >= 11 is 3.44. The minimum Gasteiger partial charge on any atom is -0.330 e. The molecule has 0 spiro atoms. The quantitative estimate of drug-likeness (QED) is 0.935. The van der Waals surface area contributed by atoms with Crippen LogP contribution in [0.4, 0.5) is 0 Å². The molecule has 0 aliphatic heterocycles. The third kappa shape index (κ3) is 3.39. The standard InChI is InChI=1S/C15H18BrN3/c1-3-11(9-17)15-18-10(2)8-14(19-15)12-4-6-13(16)7-5-12/h4-8,11H,3,9,17H2,1-2H3. The van der Waals surface area contributed by atoms with Gasteiger partial charge in [-0.1, -0.05) is 35.0 Å². The Balaban J connectivity index is 2.44. The fraction of sp³-hybridized carbons (Fsp3) is 0.333. The molecule has 0 radical (unpaired) electrons. The van der Waals surface area contributed by atoms with Gasteiger partial charge in [0.2, 0.25) is 0 Å². The first-order chi connectivity index (χ1) is 9.13. The monoisotopic (exact) mass is 319 g/mol. The number of benzene rings is 1. The molecule has 0 aliphatic carbocycles. The molecule has 0 bridgehead atoms. The maximum atomic E-state index is 5.79. The average molecular weight is 320 g/mol. The summed E-state index contributed by atoms with van der Waals surface area (Å²) in [7, 11) is 0. The largest absolute Gasteiger partial charge is 0.330 e. The first kappa shape index (κ1) is 14.2. The lowest BCUT2D eigenvalue weighted by atomic mass is 10.1. The van der Waals surface area contributed by atoms with Crippen LogP contribution in [0.5, 0.6) is 0 Å². The smallest absolute Gasteiger partial charge is 0.133 e. The summed E-state index contributed by atoms with van der Waals surface area (Å²) < 4.78 is 1.07. The molecule has 0 fully saturated rings. The van der Waals surface area contributed by atoms with E-state index in [-0.39, 0.29) is 5.92 Å². The molecule has 0 amide bonds. The Morgan fingerprint density at radius 1 is 1.21 bits per heavy atom. The highest BCUT2D eigenvalue weighted by Gasteiger charge is 2.13. The highest BCUT2D eigenvalue weighted by Crippen LogP contribution is 2.23. The van der Waals surface area contributed by atoms with Crippen LogP contribution < -0.4 is 5.73 Å². The number of nitrogens with zero attached hydrogens (tertiary/aromatic N) is 2. The van der Waals surface area contributed by atoms with Crippen LogP contribution in [0.2, 0.25) is 0 Å². The van der Waals surface area contributed by atoms with Crippen LogP contribution in [0.1, 0.15) is 30.8 Å². The van der Waals surface area contributed by atoms with E-state index in [2.05, 4.69) is 45.0 Å². The van der Waals surface area contributed by atoms with E-state index in [0.29, 0.717) is 6.54 Å². The van der Waals surface area contributed by atoms with Gasteiger partial charge in [0.25, 0.3) is 0 Å². The summed E-state index contributed by atoms with van der Waals surface area (Å²) in [6, 6.07) is 10.2. The molecular formula is C15H18BrN3. The Morgan fingerprint density at radius 2 is 1.89 bits per heavy atom. The van der Waals surface area contributed by atoms with E-state index < -0.39 is 0 Å². The third-order valence-electron chi connectivity index (χ3n) is 3.15. The number of nitrogens with two attached hydrogens (primary N) is 1. The van der Waals surface area contributed by atoms with E-state index in [9.17, 15) is 0 Å². The van der Waals surface area contributed by atoms with Crippen LogP contribution >= 0.6 is 15.9 Å². The maximum Gasteiger partial charge on any atom is 0.133 e. The van der Waals surface area contributed by atoms with E-state index in [4.69, 9.17) is 5.73 Å². The molecular weight excluding hydrogens is 302 g/mol. The van der Waals surface area contributed by atoms with E-state index >= 15 is 0 Å². The lowest BCUT2D eigenvalue weighted by molar-refractivity contribution is 0.629. The van der Waals surface area contributed by atoms with Crippen molar-refractivity contribution in [2.24, 2.45) is 5.73 Å². The van der Waals surface area contributed by atoms with Crippen LogP contribution in [-0.4, -0.2) is 16.5 Å². The predicted octanol–water partition coefficient (Wildman–Crippen LogP) is 3.67. The SMILES string of the molecule is CCC(CN)c1nc(C)cc(-c2ccc(Br)cc2)n1. The number of hydrogen-bond acceptors (Lipinski definition) is 3. The van der Waals surface area contributed by atoms with Crippen LogP contribution in [0.25, 0.3) is 11.3 Å². The molecule has 2 aromatic rings. The average Bonchev–Trinajstić information content (AvgIpc) is 2.40. The van der Waals surface area contributed by atoms with E-state index in [1.165, 1.54) is 0 Å². The lowest BCUT2D eigenvalue weighted by Crippen LogP contribution is -2.15. The fourth-order valence-electron chi connectivity index (χ4n) is 2.00. The van der Waals surface area contributed by atoms with Gasteiger partial charge in [0.05, 0.1) is 5.69 Å². The first-order valence-electron chi connectivity index (χ1n) is 6.45. The number of rotatable bonds is 4. The number of hydrogen-bond donors (Lipinski definition) is 1. The number of aryl methyl sites for hydroxylation is 1. The van der Waals surface area contributed by atoms with Crippen LogP contribution in [0, 0.1) is 6.92 Å².